The summed E-state index contributed by atoms with van der Waals surface area (Å²) >= 11 is 0. The zero-order valence-electron chi connectivity index (χ0n) is 12.7. The van der Waals surface area contributed by atoms with Crippen LogP contribution in [0.25, 0.3) is 0 Å². The highest BCUT2D eigenvalue weighted by Crippen LogP contribution is 2.41. The second kappa shape index (κ2) is 6.23. The van der Waals surface area contributed by atoms with Crippen LogP contribution in [0, 0.1) is 19.7 Å². The van der Waals surface area contributed by atoms with E-state index in [1.807, 2.05) is 19.9 Å². The van der Waals surface area contributed by atoms with Crippen LogP contribution >= 0.6 is 0 Å². The van der Waals surface area contributed by atoms with Crippen molar-refractivity contribution in [2.24, 2.45) is 0 Å². The molecule has 20 heavy (non-hydrogen) atoms. The van der Waals surface area contributed by atoms with E-state index in [1.165, 1.54) is 6.07 Å². The molecule has 1 N–H and O–H groups in total. The van der Waals surface area contributed by atoms with Gasteiger partial charge in [-0.1, -0.05) is 31.7 Å². The van der Waals surface area contributed by atoms with Gasteiger partial charge in [0.15, 0.2) is 0 Å². The van der Waals surface area contributed by atoms with Gasteiger partial charge in [0.1, 0.15) is 11.9 Å². The average Bonchev–Trinajstić information content (AvgIpc) is 2.63. The van der Waals surface area contributed by atoms with E-state index in [0.717, 1.165) is 49.7 Å². The molecule has 2 nitrogen and oxygen atoms in total. The Bertz CT molecular complexity index is 439. The van der Waals surface area contributed by atoms with Gasteiger partial charge >= 0.3 is 0 Å². The van der Waals surface area contributed by atoms with Crippen molar-refractivity contribution in [2.45, 2.75) is 64.1 Å². The molecular weight excluding hydrogens is 255 g/mol. The molecule has 0 saturated heterocycles. The lowest BCUT2D eigenvalue weighted by atomic mass is 9.82. The first-order valence-electron chi connectivity index (χ1n) is 7.50. The van der Waals surface area contributed by atoms with Crippen LogP contribution in [-0.2, 0) is 4.74 Å². The second-order valence-corrected chi connectivity index (χ2v) is 6.06. The number of aryl methyl sites for hydroxylation is 2. The van der Waals surface area contributed by atoms with Gasteiger partial charge in [0.2, 0.25) is 0 Å². The molecule has 1 atom stereocenters. The van der Waals surface area contributed by atoms with E-state index in [1.54, 1.807) is 7.11 Å². The lowest BCUT2D eigenvalue weighted by Gasteiger charge is -2.37. The van der Waals surface area contributed by atoms with Crippen molar-refractivity contribution in [2.75, 3.05) is 7.11 Å². The van der Waals surface area contributed by atoms with Crippen molar-refractivity contribution in [1.82, 2.24) is 0 Å². The molecular formula is C17H25FO2. The number of benzene rings is 1. The number of aliphatic hydroxyl groups is 1. The number of ether oxygens (including phenoxy) is 1. The van der Waals surface area contributed by atoms with Gasteiger partial charge in [-0.25, -0.2) is 4.39 Å². The summed E-state index contributed by atoms with van der Waals surface area (Å²) in [5.74, 6) is -0.323. The van der Waals surface area contributed by atoms with E-state index in [9.17, 15) is 9.50 Å². The molecule has 1 unspecified atom stereocenters. The second-order valence-electron chi connectivity index (χ2n) is 6.06. The van der Waals surface area contributed by atoms with E-state index >= 15 is 0 Å². The summed E-state index contributed by atoms with van der Waals surface area (Å²) < 4.78 is 20.0. The van der Waals surface area contributed by atoms with E-state index < -0.39 is 11.7 Å². The molecule has 1 saturated carbocycles. The first-order valence-corrected chi connectivity index (χ1v) is 7.50. The van der Waals surface area contributed by atoms with Gasteiger partial charge in [-0.15, -0.1) is 0 Å². The van der Waals surface area contributed by atoms with Gasteiger partial charge < -0.3 is 9.84 Å². The van der Waals surface area contributed by atoms with Gasteiger partial charge in [0.25, 0.3) is 0 Å². The molecule has 0 radical (unpaired) electrons. The summed E-state index contributed by atoms with van der Waals surface area (Å²) in [6.07, 6.45) is 5.05. The first kappa shape index (κ1) is 15.5. The topological polar surface area (TPSA) is 29.5 Å². The normalized spacial score (nSPS) is 20.4. The van der Waals surface area contributed by atoms with E-state index in [2.05, 4.69) is 0 Å². The predicted molar refractivity (Wildman–Crippen MR) is 78.3 cm³/mol. The monoisotopic (exact) mass is 280 g/mol. The SMILES string of the molecule is COC1(C(O)c2c(C)cc(C)cc2F)CCCCCC1. The van der Waals surface area contributed by atoms with Crippen molar-refractivity contribution in [3.63, 3.8) is 0 Å². The minimum Gasteiger partial charge on any atom is -0.385 e. The summed E-state index contributed by atoms with van der Waals surface area (Å²) in [4.78, 5) is 0. The van der Waals surface area contributed by atoms with Crippen molar-refractivity contribution >= 4 is 0 Å². The smallest absolute Gasteiger partial charge is 0.129 e. The van der Waals surface area contributed by atoms with E-state index in [0.29, 0.717) is 5.56 Å². The fourth-order valence-electron chi connectivity index (χ4n) is 3.45. The van der Waals surface area contributed by atoms with Gasteiger partial charge in [-0.3, -0.25) is 0 Å². The number of hydrogen-bond acceptors (Lipinski definition) is 2. The van der Waals surface area contributed by atoms with E-state index in [-0.39, 0.29) is 5.82 Å². The lowest BCUT2D eigenvalue weighted by Crippen LogP contribution is -2.39. The van der Waals surface area contributed by atoms with Crippen LogP contribution in [0.3, 0.4) is 0 Å². The van der Waals surface area contributed by atoms with Crippen LogP contribution in [0.5, 0.6) is 0 Å². The third-order valence-electron chi connectivity index (χ3n) is 4.61. The Hall–Kier alpha value is -0.930. The van der Waals surface area contributed by atoms with Crippen molar-refractivity contribution < 1.29 is 14.2 Å². The van der Waals surface area contributed by atoms with Crippen molar-refractivity contribution in [3.05, 3.63) is 34.6 Å². The number of methoxy groups -OCH3 is 1. The highest BCUT2D eigenvalue weighted by atomic mass is 19.1. The van der Waals surface area contributed by atoms with Gasteiger partial charge in [-0.05, 0) is 43.9 Å². The van der Waals surface area contributed by atoms with E-state index in [4.69, 9.17) is 4.74 Å². The Kier molecular flexibility index (Phi) is 4.82. The Labute approximate surface area is 121 Å². The van der Waals surface area contributed by atoms with Crippen LogP contribution in [0.4, 0.5) is 4.39 Å². The van der Waals surface area contributed by atoms with Crippen LogP contribution in [0.2, 0.25) is 0 Å². The largest absolute Gasteiger partial charge is 0.385 e. The highest BCUT2D eigenvalue weighted by molar-refractivity contribution is 5.35. The number of aliphatic hydroxyl groups excluding tert-OH is 1. The summed E-state index contributed by atoms with van der Waals surface area (Å²) in [5.41, 5.74) is 1.44. The third kappa shape index (κ3) is 2.89. The van der Waals surface area contributed by atoms with Gasteiger partial charge in [-0.2, -0.15) is 0 Å². The van der Waals surface area contributed by atoms with Crippen LogP contribution in [-0.4, -0.2) is 17.8 Å². The molecule has 0 aliphatic heterocycles. The maximum Gasteiger partial charge on any atom is 0.129 e. The zero-order valence-corrected chi connectivity index (χ0v) is 12.7. The molecule has 0 spiro atoms. The van der Waals surface area contributed by atoms with Crippen LogP contribution in [0.15, 0.2) is 12.1 Å². The third-order valence-corrected chi connectivity index (χ3v) is 4.61. The van der Waals surface area contributed by atoms with Gasteiger partial charge in [0, 0.05) is 12.7 Å². The van der Waals surface area contributed by atoms with Crippen LogP contribution < -0.4 is 0 Å². The molecule has 2 rings (SSSR count). The molecule has 112 valence electrons. The maximum absolute atomic E-state index is 14.3. The summed E-state index contributed by atoms with van der Waals surface area (Å²) in [6, 6.07) is 3.41. The van der Waals surface area contributed by atoms with Gasteiger partial charge in [0.05, 0.1) is 5.60 Å². The molecule has 0 heterocycles. The molecule has 1 aromatic rings. The first-order chi connectivity index (χ1) is 9.50. The zero-order chi connectivity index (χ0) is 14.8. The van der Waals surface area contributed by atoms with Crippen molar-refractivity contribution in [1.29, 1.82) is 0 Å². The molecule has 1 fully saturated rings. The Morgan fingerprint density at radius 2 is 1.75 bits per heavy atom. The Morgan fingerprint density at radius 1 is 1.15 bits per heavy atom. The predicted octanol–water partition coefficient (Wildman–Crippen LogP) is 4.22. The highest BCUT2D eigenvalue weighted by Gasteiger charge is 2.40. The number of halogens is 1. The minimum atomic E-state index is -0.897. The minimum absolute atomic E-state index is 0.323. The Morgan fingerprint density at radius 3 is 2.25 bits per heavy atom. The number of hydrogen-bond donors (Lipinski definition) is 1. The summed E-state index contributed by atoms with van der Waals surface area (Å²) in [7, 11) is 1.63. The van der Waals surface area contributed by atoms with Crippen molar-refractivity contribution in [3.8, 4) is 0 Å². The molecule has 0 aromatic heterocycles. The summed E-state index contributed by atoms with van der Waals surface area (Å²) in [5, 5.41) is 10.8. The molecule has 0 amide bonds. The summed E-state index contributed by atoms with van der Waals surface area (Å²) in [6.45, 7) is 3.72. The van der Waals surface area contributed by atoms with Crippen LogP contribution in [0.1, 0.15) is 61.3 Å². The maximum atomic E-state index is 14.3. The molecule has 1 aliphatic carbocycles. The fraction of sp³-hybridized carbons (Fsp3) is 0.647. The standard InChI is InChI=1S/C17H25FO2/c1-12-10-13(2)15(14(18)11-12)16(19)17(20-3)8-6-4-5-7-9-17/h10-11,16,19H,4-9H2,1-3H3. The lowest BCUT2D eigenvalue weighted by molar-refractivity contribution is -0.115. The Balaban J connectivity index is 2.40. The molecule has 1 aliphatic rings. The fourth-order valence-corrected chi connectivity index (χ4v) is 3.45. The molecule has 1 aromatic carbocycles. The quantitative estimate of drug-likeness (QED) is 0.840. The average molecular weight is 280 g/mol. The molecule has 0 bridgehead atoms. The molecule has 3 heteroatoms. The number of rotatable bonds is 3.